The summed E-state index contributed by atoms with van der Waals surface area (Å²) >= 11 is 5.87. The highest BCUT2D eigenvalue weighted by Gasteiger charge is 2.25. The predicted octanol–water partition coefficient (Wildman–Crippen LogP) is 2.44. The number of halogens is 1. The van der Waals surface area contributed by atoms with E-state index >= 15 is 0 Å². The number of hydrogen-bond donors (Lipinski definition) is 2. The lowest BCUT2D eigenvalue weighted by Crippen LogP contribution is -2.47. The molecule has 0 spiro atoms. The van der Waals surface area contributed by atoms with Gasteiger partial charge in [0.05, 0.1) is 6.04 Å². The average Bonchev–Trinajstić information content (AvgIpc) is 2.41. The van der Waals surface area contributed by atoms with Crippen LogP contribution in [0.1, 0.15) is 24.8 Å². The van der Waals surface area contributed by atoms with Crippen LogP contribution in [0.3, 0.4) is 0 Å². The van der Waals surface area contributed by atoms with Gasteiger partial charge in [-0.15, -0.1) is 0 Å². The van der Waals surface area contributed by atoms with Crippen LogP contribution in [-0.2, 0) is 6.54 Å². The van der Waals surface area contributed by atoms with Crippen molar-refractivity contribution in [3.63, 3.8) is 0 Å². The van der Waals surface area contributed by atoms with Crippen molar-refractivity contribution in [1.29, 1.82) is 0 Å². The van der Waals surface area contributed by atoms with E-state index in [1.54, 1.807) is 0 Å². The highest BCUT2D eigenvalue weighted by molar-refractivity contribution is 6.30. The molecule has 4 nitrogen and oxygen atoms in total. The van der Waals surface area contributed by atoms with Crippen LogP contribution in [0.15, 0.2) is 29.4 Å². The molecule has 2 rings (SSSR count). The summed E-state index contributed by atoms with van der Waals surface area (Å²) in [7, 11) is 0. The third-order valence-electron chi connectivity index (χ3n) is 3.37. The van der Waals surface area contributed by atoms with E-state index in [-0.39, 0.29) is 6.04 Å². The lowest BCUT2D eigenvalue weighted by Gasteiger charge is -2.34. The minimum atomic E-state index is 0.0411. The van der Waals surface area contributed by atoms with Gasteiger partial charge in [-0.05, 0) is 37.1 Å². The number of piperidine rings is 1. The second-order valence-corrected chi connectivity index (χ2v) is 5.07. The van der Waals surface area contributed by atoms with Crippen LogP contribution in [0.25, 0.3) is 0 Å². The molecule has 0 aromatic heterocycles. The van der Waals surface area contributed by atoms with Gasteiger partial charge in [0.2, 0.25) is 0 Å². The van der Waals surface area contributed by atoms with Crippen molar-refractivity contribution in [1.82, 2.24) is 4.90 Å². The SMILES string of the molecule is NC(=NO)C1CCCCN1Cc1ccc(Cl)cc1. The zero-order chi connectivity index (χ0) is 13.0. The quantitative estimate of drug-likeness (QED) is 0.383. The molecule has 1 aliphatic heterocycles. The summed E-state index contributed by atoms with van der Waals surface area (Å²) in [5.41, 5.74) is 6.94. The van der Waals surface area contributed by atoms with Gasteiger partial charge in [-0.25, -0.2) is 0 Å². The molecule has 3 N–H and O–H groups in total. The standard InChI is InChI=1S/C13H18ClN3O/c14-11-6-4-10(5-7-11)9-17-8-2-1-3-12(17)13(15)16-18/h4-7,12,18H,1-3,8-9H2,(H2,15,16). The molecule has 0 radical (unpaired) electrons. The van der Waals surface area contributed by atoms with Gasteiger partial charge < -0.3 is 10.9 Å². The Labute approximate surface area is 112 Å². The summed E-state index contributed by atoms with van der Waals surface area (Å²) in [4.78, 5) is 2.25. The zero-order valence-electron chi connectivity index (χ0n) is 10.2. The zero-order valence-corrected chi connectivity index (χ0v) is 11.0. The van der Waals surface area contributed by atoms with Gasteiger partial charge in [-0.3, -0.25) is 4.90 Å². The smallest absolute Gasteiger partial charge is 0.156 e. The molecule has 1 heterocycles. The third-order valence-corrected chi connectivity index (χ3v) is 3.62. The van der Waals surface area contributed by atoms with Crippen molar-refractivity contribution in [3.8, 4) is 0 Å². The molecule has 1 aliphatic rings. The Hall–Kier alpha value is -1.26. The molecular weight excluding hydrogens is 250 g/mol. The fourth-order valence-electron chi connectivity index (χ4n) is 2.41. The number of amidine groups is 1. The predicted molar refractivity (Wildman–Crippen MR) is 72.9 cm³/mol. The van der Waals surface area contributed by atoms with Crippen molar-refractivity contribution in [3.05, 3.63) is 34.9 Å². The van der Waals surface area contributed by atoms with E-state index in [2.05, 4.69) is 10.1 Å². The molecule has 0 amide bonds. The normalized spacial score (nSPS) is 22.1. The van der Waals surface area contributed by atoms with Crippen LogP contribution in [0.2, 0.25) is 5.02 Å². The van der Waals surface area contributed by atoms with Crippen molar-refractivity contribution in [2.45, 2.75) is 31.8 Å². The Morgan fingerprint density at radius 3 is 2.78 bits per heavy atom. The molecule has 1 fully saturated rings. The van der Waals surface area contributed by atoms with E-state index in [4.69, 9.17) is 22.5 Å². The summed E-state index contributed by atoms with van der Waals surface area (Å²) in [6.45, 7) is 1.78. The second-order valence-electron chi connectivity index (χ2n) is 4.63. The molecule has 1 atom stereocenters. The van der Waals surface area contributed by atoms with Crippen molar-refractivity contribution < 1.29 is 5.21 Å². The van der Waals surface area contributed by atoms with Gasteiger partial charge in [0.1, 0.15) is 0 Å². The second kappa shape index (κ2) is 6.07. The van der Waals surface area contributed by atoms with Gasteiger partial charge >= 0.3 is 0 Å². The Balaban J connectivity index is 2.07. The lowest BCUT2D eigenvalue weighted by molar-refractivity contribution is 0.178. The van der Waals surface area contributed by atoms with Gasteiger partial charge in [0.25, 0.3) is 0 Å². The monoisotopic (exact) mass is 267 g/mol. The van der Waals surface area contributed by atoms with Crippen LogP contribution < -0.4 is 5.73 Å². The molecule has 0 bridgehead atoms. The van der Waals surface area contributed by atoms with E-state index in [9.17, 15) is 0 Å². The summed E-state index contributed by atoms with van der Waals surface area (Å²) in [5, 5.41) is 12.7. The first-order valence-electron chi connectivity index (χ1n) is 6.16. The summed E-state index contributed by atoms with van der Waals surface area (Å²) in [6.07, 6.45) is 3.23. The van der Waals surface area contributed by atoms with Crippen LogP contribution in [0.4, 0.5) is 0 Å². The van der Waals surface area contributed by atoms with Gasteiger partial charge in [-0.1, -0.05) is 35.3 Å². The van der Waals surface area contributed by atoms with Gasteiger partial charge in [0.15, 0.2) is 5.84 Å². The van der Waals surface area contributed by atoms with Crippen LogP contribution >= 0.6 is 11.6 Å². The van der Waals surface area contributed by atoms with E-state index in [1.165, 1.54) is 5.56 Å². The van der Waals surface area contributed by atoms with Crippen LogP contribution in [0.5, 0.6) is 0 Å². The van der Waals surface area contributed by atoms with E-state index in [0.717, 1.165) is 37.4 Å². The van der Waals surface area contributed by atoms with Crippen LogP contribution in [-0.4, -0.2) is 28.5 Å². The molecule has 0 saturated carbocycles. The van der Waals surface area contributed by atoms with Gasteiger partial charge in [0, 0.05) is 11.6 Å². The third kappa shape index (κ3) is 3.15. The fourth-order valence-corrected chi connectivity index (χ4v) is 2.53. The Kier molecular flexibility index (Phi) is 4.44. The molecule has 1 saturated heterocycles. The molecule has 0 aliphatic carbocycles. The number of rotatable bonds is 3. The van der Waals surface area contributed by atoms with Gasteiger partial charge in [-0.2, -0.15) is 0 Å². The summed E-state index contributed by atoms with van der Waals surface area (Å²) in [6, 6.07) is 7.85. The first-order chi connectivity index (χ1) is 8.70. The molecule has 1 aromatic rings. The number of oxime groups is 1. The Morgan fingerprint density at radius 1 is 1.39 bits per heavy atom. The topological polar surface area (TPSA) is 61.9 Å². The fraction of sp³-hybridized carbons (Fsp3) is 0.462. The van der Waals surface area contributed by atoms with E-state index in [1.807, 2.05) is 24.3 Å². The highest BCUT2D eigenvalue weighted by Crippen LogP contribution is 2.20. The maximum absolute atomic E-state index is 8.83. The summed E-state index contributed by atoms with van der Waals surface area (Å²) in [5.74, 6) is 0.309. The molecule has 1 aromatic carbocycles. The van der Waals surface area contributed by atoms with Crippen molar-refractivity contribution in [2.75, 3.05) is 6.54 Å². The minimum absolute atomic E-state index is 0.0411. The first-order valence-corrected chi connectivity index (χ1v) is 6.54. The minimum Gasteiger partial charge on any atom is -0.409 e. The molecule has 98 valence electrons. The summed E-state index contributed by atoms with van der Waals surface area (Å²) < 4.78 is 0. The first kappa shape index (κ1) is 13.2. The number of benzene rings is 1. The molecule has 18 heavy (non-hydrogen) atoms. The Morgan fingerprint density at radius 2 is 2.11 bits per heavy atom. The molecule has 5 heteroatoms. The Bertz CT molecular complexity index is 419. The van der Waals surface area contributed by atoms with E-state index in [0.29, 0.717) is 5.84 Å². The largest absolute Gasteiger partial charge is 0.409 e. The highest BCUT2D eigenvalue weighted by atomic mass is 35.5. The van der Waals surface area contributed by atoms with E-state index < -0.39 is 0 Å². The number of likely N-dealkylation sites (tertiary alicyclic amines) is 1. The molecular formula is C13H18ClN3O. The van der Waals surface area contributed by atoms with Crippen molar-refractivity contribution in [2.24, 2.45) is 10.9 Å². The maximum atomic E-state index is 8.83. The number of nitrogens with zero attached hydrogens (tertiary/aromatic N) is 2. The molecule has 1 unspecified atom stereocenters. The lowest BCUT2D eigenvalue weighted by atomic mass is 10.0. The number of nitrogens with two attached hydrogens (primary N) is 1. The number of hydrogen-bond acceptors (Lipinski definition) is 3. The van der Waals surface area contributed by atoms with Crippen LogP contribution in [0, 0.1) is 0 Å². The maximum Gasteiger partial charge on any atom is 0.156 e. The average molecular weight is 268 g/mol. The van der Waals surface area contributed by atoms with Crippen molar-refractivity contribution >= 4 is 17.4 Å².